The molecule has 6 nitrogen and oxygen atoms in total. The van der Waals surface area contributed by atoms with E-state index >= 15 is 0 Å². The van der Waals surface area contributed by atoms with Crippen LogP contribution in [-0.2, 0) is 4.79 Å². The first kappa shape index (κ1) is 11.8. The lowest BCUT2D eigenvalue weighted by atomic mass is 10.1. The summed E-state index contributed by atoms with van der Waals surface area (Å²) in [7, 11) is 0. The number of amides is 1. The Labute approximate surface area is 119 Å². The van der Waals surface area contributed by atoms with E-state index in [2.05, 4.69) is 10.3 Å². The molecule has 0 unspecified atom stereocenters. The van der Waals surface area contributed by atoms with Crippen molar-refractivity contribution < 1.29 is 18.7 Å². The summed E-state index contributed by atoms with van der Waals surface area (Å²) in [6, 6.07) is 8.93. The number of carbonyl (C=O) groups is 1. The topological polar surface area (TPSA) is 73.1 Å². The molecule has 2 aliphatic heterocycles. The monoisotopic (exact) mass is 282 g/mol. The van der Waals surface area contributed by atoms with Crippen molar-refractivity contribution in [2.24, 2.45) is 4.99 Å². The predicted octanol–water partition coefficient (Wildman–Crippen LogP) is 1.93. The summed E-state index contributed by atoms with van der Waals surface area (Å²) in [5, 5.41) is 2.67. The van der Waals surface area contributed by atoms with Gasteiger partial charge in [0.1, 0.15) is 5.70 Å². The van der Waals surface area contributed by atoms with Crippen molar-refractivity contribution in [2.75, 3.05) is 6.79 Å². The average Bonchev–Trinajstić information content (AvgIpc) is 3.20. The molecule has 0 aliphatic carbocycles. The van der Waals surface area contributed by atoms with Gasteiger partial charge in [0.05, 0.1) is 6.26 Å². The zero-order valence-electron chi connectivity index (χ0n) is 10.8. The summed E-state index contributed by atoms with van der Waals surface area (Å²) < 4.78 is 15.8. The highest BCUT2D eigenvalue weighted by Crippen LogP contribution is 2.33. The van der Waals surface area contributed by atoms with Crippen LogP contribution in [0.1, 0.15) is 11.3 Å². The average molecular weight is 282 g/mol. The number of nitrogens with one attached hydrogen (secondary N) is 1. The highest BCUT2D eigenvalue weighted by Gasteiger charge is 2.23. The fourth-order valence-electron chi connectivity index (χ4n) is 2.16. The Morgan fingerprint density at radius 3 is 2.95 bits per heavy atom. The number of ether oxygens (including phenoxy) is 2. The van der Waals surface area contributed by atoms with Crippen molar-refractivity contribution in [2.45, 2.75) is 0 Å². The highest BCUT2D eigenvalue weighted by atomic mass is 16.7. The van der Waals surface area contributed by atoms with Crippen LogP contribution in [0.5, 0.6) is 11.5 Å². The molecule has 1 aromatic carbocycles. The molecular weight excluding hydrogens is 272 g/mol. The van der Waals surface area contributed by atoms with Gasteiger partial charge < -0.3 is 19.2 Å². The van der Waals surface area contributed by atoms with E-state index in [0.717, 1.165) is 5.56 Å². The number of aliphatic imine (C=N–C) groups is 1. The minimum Gasteiger partial charge on any atom is -0.461 e. The number of hydrogen-bond acceptors (Lipinski definition) is 5. The third-order valence-electron chi connectivity index (χ3n) is 3.15. The number of nitrogens with zero attached hydrogens (tertiary/aromatic N) is 1. The molecule has 2 aromatic rings. The number of amidine groups is 1. The third-order valence-corrected chi connectivity index (χ3v) is 3.15. The SMILES string of the molecule is O=C1NC(c2ccco2)=NC1=Cc1ccc2c(c1)OCO2. The van der Waals surface area contributed by atoms with Gasteiger partial charge in [0.15, 0.2) is 23.1 Å². The van der Waals surface area contributed by atoms with Crippen molar-refractivity contribution in [1.82, 2.24) is 5.32 Å². The Balaban J connectivity index is 1.68. The van der Waals surface area contributed by atoms with Gasteiger partial charge in [-0.3, -0.25) is 4.79 Å². The number of rotatable bonds is 2. The van der Waals surface area contributed by atoms with Crippen molar-refractivity contribution in [3.05, 3.63) is 53.6 Å². The molecule has 1 N–H and O–H groups in total. The standard InChI is InChI=1S/C15H10N2O4/c18-15-10(16-14(17-15)12-2-1-5-19-12)6-9-3-4-11-13(7-9)21-8-20-11/h1-7H,8H2,(H,16,17,18). The van der Waals surface area contributed by atoms with Gasteiger partial charge in [-0.15, -0.1) is 0 Å². The normalized spacial score (nSPS) is 18.0. The Bertz CT molecular complexity index is 775. The number of benzene rings is 1. The second-order valence-corrected chi connectivity index (χ2v) is 4.53. The van der Waals surface area contributed by atoms with E-state index < -0.39 is 0 Å². The van der Waals surface area contributed by atoms with Crippen molar-refractivity contribution >= 4 is 17.8 Å². The van der Waals surface area contributed by atoms with Gasteiger partial charge in [-0.2, -0.15) is 0 Å². The zero-order chi connectivity index (χ0) is 14.2. The van der Waals surface area contributed by atoms with Crippen LogP contribution in [0.25, 0.3) is 6.08 Å². The van der Waals surface area contributed by atoms with E-state index in [4.69, 9.17) is 13.9 Å². The summed E-state index contributed by atoms with van der Waals surface area (Å²) >= 11 is 0. The molecule has 4 rings (SSSR count). The molecule has 0 atom stereocenters. The largest absolute Gasteiger partial charge is 0.461 e. The first-order valence-corrected chi connectivity index (χ1v) is 6.35. The molecule has 1 aromatic heterocycles. The fraction of sp³-hybridized carbons (Fsp3) is 0.0667. The van der Waals surface area contributed by atoms with E-state index in [1.807, 2.05) is 12.1 Å². The Hall–Kier alpha value is -3.02. The van der Waals surface area contributed by atoms with E-state index in [9.17, 15) is 4.79 Å². The van der Waals surface area contributed by atoms with Crippen LogP contribution in [0.4, 0.5) is 0 Å². The summed E-state index contributed by atoms with van der Waals surface area (Å²) in [5.74, 6) is 2.04. The molecule has 6 heteroatoms. The summed E-state index contributed by atoms with van der Waals surface area (Å²) in [6.45, 7) is 0.219. The Kier molecular flexibility index (Phi) is 2.53. The molecular formula is C15H10N2O4. The third kappa shape index (κ3) is 2.06. The summed E-state index contributed by atoms with van der Waals surface area (Å²) in [6.07, 6.45) is 3.22. The molecule has 0 fully saturated rings. The van der Waals surface area contributed by atoms with Gasteiger partial charge in [-0.05, 0) is 35.9 Å². The minimum absolute atomic E-state index is 0.219. The zero-order valence-corrected chi connectivity index (χ0v) is 10.8. The fourth-order valence-corrected chi connectivity index (χ4v) is 2.16. The summed E-state index contributed by atoms with van der Waals surface area (Å²) in [5.41, 5.74) is 1.13. The van der Waals surface area contributed by atoms with Gasteiger partial charge in [0, 0.05) is 0 Å². The molecule has 3 heterocycles. The molecule has 0 saturated carbocycles. The maximum Gasteiger partial charge on any atom is 0.275 e. The highest BCUT2D eigenvalue weighted by molar-refractivity contribution is 6.18. The predicted molar refractivity (Wildman–Crippen MR) is 73.9 cm³/mol. The summed E-state index contributed by atoms with van der Waals surface area (Å²) in [4.78, 5) is 16.2. The van der Waals surface area contributed by atoms with Gasteiger partial charge >= 0.3 is 0 Å². The van der Waals surface area contributed by atoms with Crippen LogP contribution in [0.3, 0.4) is 0 Å². The first-order valence-electron chi connectivity index (χ1n) is 6.35. The van der Waals surface area contributed by atoms with E-state index in [1.165, 1.54) is 6.26 Å². The number of fused-ring (bicyclic) bond motifs is 1. The van der Waals surface area contributed by atoms with Gasteiger partial charge in [0.2, 0.25) is 6.79 Å². The Morgan fingerprint density at radius 1 is 1.19 bits per heavy atom. The van der Waals surface area contributed by atoms with E-state index in [-0.39, 0.29) is 12.7 Å². The molecule has 0 spiro atoms. The molecule has 1 amide bonds. The molecule has 21 heavy (non-hydrogen) atoms. The van der Waals surface area contributed by atoms with Crippen molar-refractivity contribution in [1.29, 1.82) is 0 Å². The molecule has 0 radical (unpaired) electrons. The molecule has 104 valence electrons. The van der Waals surface area contributed by atoms with Crippen LogP contribution < -0.4 is 14.8 Å². The second-order valence-electron chi connectivity index (χ2n) is 4.53. The maximum atomic E-state index is 11.9. The number of furan rings is 1. The first-order chi connectivity index (χ1) is 10.3. The van der Waals surface area contributed by atoms with E-state index in [1.54, 1.807) is 24.3 Å². The molecule has 0 bridgehead atoms. The lowest BCUT2D eigenvalue weighted by Gasteiger charge is -1.98. The van der Waals surface area contributed by atoms with Crippen molar-refractivity contribution in [3.63, 3.8) is 0 Å². The quantitative estimate of drug-likeness (QED) is 0.854. The van der Waals surface area contributed by atoms with Gasteiger partial charge in [0.25, 0.3) is 5.91 Å². The van der Waals surface area contributed by atoms with Gasteiger partial charge in [-0.1, -0.05) is 6.07 Å². The van der Waals surface area contributed by atoms with Crippen LogP contribution in [0.2, 0.25) is 0 Å². The smallest absolute Gasteiger partial charge is 0.275 e. The second kappa shape index (κ2) is 4.52. The van der Waals surface area contributed by atoms with Gasteiger partial charge in [-0.25, -0.2) is 4.99 Å². The lowest BCUT2D eigenvalue weighted by molar-refractivity contribution is -0.115. The minimum atomic E-state index is -0.265. The van der Waals surface area contributed by atoms with Crippen LogP contribution in [0.15, 0.2) is 51.7 Å². The maximum absolute atomic E-state index is 11.9. The van der Waals surface area contributed by atoms with Crippen LogP contribution >= 0.6 is 0 Å². The molecule has 2 aliphatic rings. The lowest BCUT2D eigenvalue weighted by Crippen LogP contribution is -2.24. The van der Waals surface area contributed by atoms with E-state index in [0.29, 0.717) is 28.8 Å². The molecule has 0 saturated heterocycles. The Morgan fingerprint density at radius 2 is 2.10 bits per heavy atom. The van der Waals surface area contributed by atoms with Crippen LogP contribution in [0, 0.1) is 0 Å². The van der Waals surface area contributed by atoms with Crippen molar-refractivity contribution in [3.8, 4) is 11.5 Å². The van der Waals surface area contributed by atoms with Crippen LogP contribution in [-0.4, -0.2) is 18.5 Å². The number of hydrogen-bond donors (Lipinski definition) is 1. The number of carbonyl (C=O) groups excluding carboxylic acids is 1.